The predicted octanol–water partition coefficient (Wildman–Crippen LogP) is 4.50. The second-order valence-corrected chi connectivity index (χ2v) is 6.91. The summed E-state index contributed by atoms with van der Waals surface area (Å²) in [5, 5.41) is 0.904. The third kappa shape index (κ3) is 4.30. The molecule has 0 amide bonds. The summed E-state index contributed by atoms with van der Waals surface area (Å²) in [4.78, 5) is 16.6. The Labute approximate surface area is 159 Å². The van der Waals surface area contributed by atoms with Crippen molar-refractivity contribution in [1.82, 2.24) is 9.55 Å². The van der Waals surface area contributed by atoms with Crippen LogP contribution in [0.5, 0.6) is 5.88 Å². The van der Waals surface area contributed by atoms with E-state index in [9.17, 15) is 4.79 Å². The van der Waals surface area contributed by atoms with Crippen molar-refractivity contribution >= 4 is 16.9 Å². The molecular weight excluding hydrogens is 340 g/mol. The molecule has 1 unspecified atom stereocenters. The molecule has 3 rings (SSSR count). The van der Waals surface area contributed by atoms with Gasteiger partial charge in [0.2, 0.25) is 5.88 Å². The zero-order valence-electron chi connectivity index (χ0n) is 16.3. The van der Waals surface area contributed by atoms with Crippen molar-refractivity contribution in [2.45, 2.75) is 52.9 Å². The zero-order valence-corrected chi connectivity index (χ0v) is 16.3. The van der Waals surface area contributed by atoms with Gasteiger partial charge in [0.15, 0.2) is 6.10 Å². The third-order valence-corrected chi connectivity index (χ3v) is 4.42. The molecule has 0 spiro atoms. The molecule has 2 heterocycles. The van der Waals surface area contributed by atoms with Crippen molar-refractivity contribution in [2.24, 2.45) is 0 Å². The van der Waals surface area contributed by atoms with E-state index in [2.05, 4.69) is 34.7 Å². The van der Waals surface area contributed by atoms with Crippen LogP contribution in [0.1, 0.15) is 38.4 Å². The summed E-state index contributed by atoms with van der Waals surface area (Å²) in [6.07, 6.45) is 1.41. The molecule has 0 fully saturated rings. The Balaban J connectivity index is 1.91. The number of aryl methyl sites for hydroxylation is 1. The van der Waals surface area contributed by atoms with Crippen LogP contribution in [0.25, 0.3) is 10.9 Å². The molecule has 0 N–H and O–H groups in total. The first-order valence-electron chi connectivity index (χ1n) is 9.35. The van der Waals surface area contributed by atoms with Crippen LogP contribution in [0.15, 0.2) is 48.7 Å². The minimum Gasteiger partial charge on any atom is -0.462 e. The lowest BCUT2D eigenvalue weighted by atomic mass is 10.2. The van der Waals surface area contributed by atoms with Crippen LogP contribution in [0.4, 0.5) is 0 Å². The quantitative estimate of drug-likeness (QED) is 0.578. The Kier molecular flexibility index (Phi) is 5.79. The summed E-state index contributed by atoms with van der Waals surface area (Å²) >= 11 is 0. The zero-order chi connectivity index (χ0) is 19.4. The van der Waals surface area contributed by atoms with Gasteiger partial charge in [-0.2, -0.15) is 0 Å². The summed E-state index contributed by atoms with van der Waals surface area (Å²) in [6.45, 7) is 8.40. The van der Waals surface area contributed by atoms with Crippen molar-refractivity contribution in [3.8, 4) is 5.88 Å². The molecule has 5 heteroatoms. The number of aromatic nitrogens is 2. The first-order valence-corrected chi connectivity index (χ1v) is 9.35. The summed E-state index contributed by atoms with van der Waals surface area (Å²) in [5.41, 5.74) is 3.38. The highest BCUT2D eigenvalue weighted by molar-refractivity contribution is 5.86. The summed E-state index contributed by atoms with van der Waals surface area (Å²) in [5.74, 6) is 0.113. The SMILES string of the molecule is CCC(Oc1nccc2c1cc(C)n2Cc1ccccc1)C(=O)OC(C)C. The fraction of sp³-hybridized carbons (Fsp3) is 0.364. The Bertz CT molecular complexity index is 916. The van der Waals surface area contributed by atoms with Gasteiger partial charge in [-0.15, -0.1) is 0 Å². The molecule has 1 atom stereocenters. The van der Waals surface area contributed by atoms with E-state index < -0.39 is 6.10 Å². The van der Waals surface area contributed by atoms with Gasteiger partial charge in [0.25, 0.3) is 0 Å². The van der Waals surface area contributed by atoms with Gasteiger partial charge in [-0.3, -0.25) is 0 Å². The molecule has 142 valence electrons. The van der Waals surface area contributed by atoms with Crippen LogP contribution in [-0.2, 0) is 16.1 Å². The van der Waals surface area contributed by atoms with Crippen LogP contribution >= 0.6 is 0 Å². The van der Waals surface area contributed by atoms with Crippen molar-refractivity contribution in [1.29, 1.82) is 0 Å². The number of benzene rings is 1. The largest absolute Gasteiger partial charge is 0.462 e. The third-order valence-electron chi connectivity index (χ3n) is 4.42. The number of rotatable bonds is 7. The van der Waals surface area contributed by atoms with Crippen molar-refractivity contribution in [3.63, 3.8) is 0 Å². The maximum atomic E-state index is 12.3. The van der Waals surface area contributed by atoms with Gasteiger partial charge in [0.1, 0.15) is 0 Å². The molecule has 0 saturated heterocycles. The molecule has 0 aliphatic heterocycles. The van der Waals surface area contributed by atoms with E-state index in [-0.39, 0.29) is 12.1 Å². The highest BCUT2D eigenvalue weighted by Crippen LogP contribution is 2.28. The highest BCUT2D eigenvalue weighted by atomic mass is 16.6. The van der Waals surface area contributed by atoms with Crippen LogP contribution < -0.4 is 4.74 Å². The first-order chi connectivity index (χ1) is 13.0. The number of carbonyl (C=O) groups excluding carboxylic acids is 1. The van der Waals surface area contributed by atoms with Crippen LogP contribution in [-0.4, -0.2) is 27.7 Å². The van der Waals surface area contributed by atoms with Gasteiger partial charge >= 0.3 is 5.97 Å². The monoisotopic (exact) mass is 366 g/mol. The number of hydrogen-bond donors (Lipinski definition) is 0. The number of fused-ring (bicyclic) bond motifs is 1. The molecule has 0 aliphatic rings. The molecule has 0 radical (unpaired) electrons. The Morgan fingerprint density at radius 1 is 1.19 bits per heavy atom. The van der Waals surface area contributed by atoms with E-state index in [0.717, 1.165) is 23.1 Å². The number of carbonyl (C=O) groups is 1. The van der Waals surface area contributed by atoms with E-state index in [1.165, 1.54) is 5.56 Å². The predicted molar refractivity (Wildman–Crippen MR) is 106 cm³/mol. The lowest BCUT2D eigenvalue weighted by Crippen LogP contribution is -2.30. The van der Waals surface area contributed by atoms with Gasteiger partial charge in [-0.1, -0.05) is 37.3 Å². The standard InChI is InChI=1S/C22H26N2O3/c1-5-20(22(25)26-15(2)3)27-21-18-13-16(4)24(19(18)11-12-23-21)14-17-9-7-6-8-10-17/h6-13,15,20H,5,14H2,1-4H3. The van der Waals surface area contributed by atoms with E-state index in [4.69, 9.17) is 9.47 Å². The highest BCUT2D eigenvalue weighted by Gasteiger charge is 2.23. The fourth-order valence-corrected chi connectivity index (χ4v) is 3.10. The Morgan fingerprint density at radius 3 is 2.59 bits per heavy atom. The Morgan fingerprint density at radius 2 is 1.93 bits per heavy atom. The maximum absolute atomic E-state index is 12.3. The van der Waals surface area contributed by atoms with E-state index >= 15 is 0 Å². The summed E-state index contributed by atoms with van der Waals surface area (Å²) in [6, 6.07) is 14.4. The van der Waals surface area contributed by atoms with E-state index in [1.54, 1.807) is 6.20 Å². The fourth-order valence-electron chi connectivity index (χ4n) is 3.10. The van der Waals surface area contributed by atoms with Crippen molar-refractivity contribution < 1.29 is 14.3 Å². The van der Waals surface area contributed by atoms with Gasteiger partial charge < -0.3 is 14.0 Å². The number of esters is 1. The molecule has 27 heavy (non-hydrogen) atoms. The van der Waals surface area contributed by atoms with Crippen molar-refractivity contribution in [3.05, 3.63) is 59.9 Å². The van der Waals surface area contributed by atoms with Crippen LogP contribution in [0, 0.1) is 6.92 Å². The molecule has 5 nitrogen and oxygen atoms in total. The maximum Gasteiger partial charge on any atom is 0.347 e. The van der Waals surface area contributed by atoms with E-state index in [1.807, 2.05) is 45.0 Å². The van der Waals surface area contributed by atoms with Crippen molar-refractivity contribution in [2.75, 3.05) is 0 Å². The molecule has 2 aromatic heterocycles. The van der Waals surface area contributed by atoms with E-state index in [0.29, 0.717) is 12.3 Å². The number of ether oxygens (including phenoxy) is 2. The topological polar surface area (TPSA) is 53.4 Å². The summed E-state index contributed by atoms with van der Waals surface area (Å²) in [7, 11) is 0. The first kappa shape index (κ1) is 19.0. The second-order valence-electron chi connectivity index (χ2n) is 6.91. The molecule has 0 saturated carbocycles. The average molecular weight is 366 g/mol. The van der Waals surface area contributed by atoms with Crippen LogP contribution in [0.2, 0.25) is 0 Å². The minimum atomic E-state index is -0.664. The number of pyridine rings is 1. The number of nitrogens with zero attached hydrogens (tertiary/aromatic N) is 2. The molecule has 0 bridgehead atoms. The molecule has 1 aromatic carbocycles. The van der Waals surface area contributed by atoms with Gasteiger partial charge in [0.05, 0.1) is 17.0 Å². The Hall–Kier alpha value is -2.82. The average Bonchev–Trinajstić information content (AvgIpc) is 2.96. The minimum absolute atomic E-state index is 0.173. The van der Waals surface area contributed by atoms with Gasteiger partial charge in [0, 0.05) is 18.4 Å². The second kappa shape index (κ2) is 8.25. The van der Waals surface area contributed by atoms with Gasteiger partial charge in [-0.05, 0) is 44.9 Å². The molecular formula is C22H26N2O3. The lowest BCUT2D eigenvalue weighted by Gasteiger charge is -2.18. The normalized spacial score (nSPS) is 12.3. The summed E-state index contributed by atoms with van der Waals surface area (Å²) < 4.78 is 13.5. The van der Waals surface area contributed by atoms with Gasteiger partial charge in [-0.25, -0.2) is 9.78 Å². The van der Waals surface area contributed by atoms with Crippen LogP contribution in [0.3, 0.4) is 0 Å². The smallest absolute Gasteiger partial charge is 0.347 e. The lowest BCUT2D eigenvalue weighted by molar-refractivity contribution is -0.156. The molecule has 0 aliphatic carbocycles. The molecule has 3 aromatic rings. The number of hydrogen-bond acceptors (Lipinski definition) is 4.